The van der Waals surface area contributed by atoms with Gasteiger partial charge in [-0.1, -0.05) is 49.5 Å². The van der Waals surface area contributed by atoms with E-state index in [1.807, 2.05) is 27.0 Å². The van der Waals surface area contributed by atoms with E-state index in [9.17, 15) is 0 Å². The van der Waals surface area contributed by atoms with Crippen LogP contribution in [-0.2, 0) is 0 Å². The van der Waals surface area contributed by atoms with Crippen molar-refractivity contribution >= 4 is 0 Å². The molecule has 1 N–H and O–H groups in total. The molecule has 0 bridgehead atoms. The molecule has 15 heavy (non-hydrogen) atoms. The molecule has 1 nitrogen and oxygen atoms in total. The van der Waals surface area contributed by atoms with Gasteiger partial charge in [-0.05, 0) is 32.4 Å². The van der Waals surface area contributed by atoms with E-state index in [0.29, 0.717) is 5.92 Å². The van der Waals surface area contributed by atoms with E-state index < -0.39 is 0 Å². The second kappa shape index (κ2) is 9.47. The Morgan fingerprint density at radius 2 is 1.93 bits per heavy atom. The molecule has 0 radical (unpaired) electrons. The first kappa shape index (κ1) is 13.9. The maximum absolute atomic E-state index is 3.15. The minimum absolute atomic E-state index is 0.579. The Balaban J connectivity index is 4.07. The SMILES string of the molecule is C\C=C/C(/C=C\C=C/C(C)CNC)=C/C. The van der Waals surface area contributed by atoms with Gasteiger partial charge >= 0.3 is 0 Å². The van der Waals surface area contributed by atoms with E-state index in [-0.39, 0.29) is 0 Å². The summed E-state index contributed by atoms with van der Waals surface area (Å²) in [4.78, 5) is 0. The Hall–Kier alpha value is -1.08. The van der Waals surface area contributed by atoms with Crippen molar-refractivity contribution in [2.45, 2.75) is 20.8 Å². The second-order valence-corrected chi connectivity index (χ2v) is 3.57. The fourth-order valence-corrected chi connectivity index (χ4v) is 1.25. The van der Waals surface area contributed by atoms with Gasteiger partial charge in [-0.25, -0.2) is 0 Å². The second-order valence-electron chi connectivity index (χ2n) is 3.57. The lowest BCUT2D eigenvalue weighted by Crippen LogP contribution is -2.14. The van der Waals surface area contributed by atoms with E-state index >= 15 is 0 Å². The van der Waals surface area contributed by atoms with Gasteiger partial charge in [-0.15, -0.1) is 0 Å². The Morgan fingerprint density at radius 3 is 2.47 bits per heavy atom. The van der Waals surface area contributed by atoms with Gasteiger partial charge in [0.1, 0.15) is 0 Å². The van der Waals surface area contributed by atoms with Crippen LogP contribution in [0.5, 0.6) is 0 Å². The highest BCUT2D eigenvalue weighted by Gasteiger charge is 1.90. The number of nitrogens with one attached hydrogen (secondary N) is 1. The predicted molar refractivity (Wildman–Crippen MR) is 69.9 cm³/mol. The third-order valence-corrected chi connectivity index (χ3v) is 2.06. The van der Waals surface area contributed by atoms with Crippen molar-refractivity contribution in [1.29, 1.82) is 0 Å². The van der Waals surface area contributed by atoms with E-state index in [4.69, 9.17) is 0 Å². The number of rotatable bonds is 6. The number of hydrogen-bond acceptors (Lipinski definition) is 1. The summed E-state index contributed by atoms with van der Waals surface area (Å²) in [5, 5.41) is 3.15. The van der Waals surface area contributed by atoms with E-state index in [2.05, 4.69) is 48.7 Å². The molecular formula is C14H23N. The normalized spacial score (nSPS) is 15.9. The van der Waals surface area contributed by atoms with Crippen molar-refractivity contribution < 1.29 is 0 Å². The first-order chi connectivity index (χ1) is 7.24. The lowest BCUT2D eigenvalue weighted by molar-refractivity contribution is 0.650. The largest absolute Gasteiger partial charge is 0.319 e. The molecule has 0 saturated heterocycles. The van der Waals surface area contributed by atoms with Gasteiger partial charge in [0.2, 0.25) is 0 Å². The zero-order chi connectivity index (χ0) is 11.5. The first-order valence-electron chi connectivity index (χ1n) is 5.53. The van der Waals surface area contributed by atoms with Crippen LogP contribution < -0.4 is 5.32 Å². The molecule has 0 aromatic heterocycles. The predicted octanol–water partition coefficient (Wildman–Crippen LogP) is 3.48. The highest BCUT2D eigenvalue weighted by molar-refractivity contribution is 5.31. The molecule has 0 aliphatic rings. The molecule has 0 saturated carbocycles. The van der Waals surface area contributed by atoms with Gasteiger partial charge in [0, 0.05) is 6.54 Å². The fourth-order valence-electron chi connectivity index (χ4n) is 1.25. The maximum atomic E-state index is 3.15. The van der Waals surface area contributed by atoms with Crippen LogP contribution in [0.15, 0.2) is 48.1 Å². The molecular weight excluding hydrogens is 182 g/mol. The van der Waals surface area contributed by atoms with Crippen LogP contribution in [0.1, 0.15) is 20.8 Å². The highest BCUT2D eigenvalue weighted by Crippen LogP contribution is 2.00. The van der Waals surface area contributed by atoms with Crippen LogP contribution in [0.3, 0.4) is 0 Å². The lowest BCUT2D eigenvalue weighted by atomic mass is 10.1. The zero-order valence-electron chi connectivity index (χ0n) is 10.3. The molecule has 0 fully saturated rings. The summed E-state index contributed by atoms with van der Waals surface area (Å²) >= 11 is 0. The molecule has 0 aliphatic carbocycles. The van der Waals surface area contributed by atoms with Crippen LogP contribution >= 0.6 is 0 Å². The number of hydrogen-bond donors (Lipinski definition) is 1. The molecule has 1 atom stereocenters. The summed E-state index contributed by atoms with van der Waals surface area (Å²) in [6, 6.07) is 0. The Bertz CT molecular complexity index is 257. The van der Waals surface area contributed by atoms with Crippen LogP contribution in [0.2, 0.25) is 0 Å². The average molecular weight is 205 g/mol. The summed E-state index contributed by atoms with van der Waals surface area (Å²) in [7, 11) is 1.98. The van der Waals surface area contributed by atoms with Crippen LogP contribution in [0, 0.1) is 5.92 Å². The molecule has 0 rings (SSSR count). The van der Waals surface area contributed by atoms with Crippen molar-refractivity contribution in [1.82, 2.24) is 5.32 Å². The summed E-state index contributed by atoms with van der Waals surface area (Å²) in [6.07, 6.45) is 14.8. The smallest absolute Gasteiger partial charge is 0.000862 e. The molecule has 0 aliphatic heterocycles. The summed E-state index contributed by atoms with van der Waals surface area (Å²) < 4.78 is 0. The van der Waals surface area contributed by atoms with Crippen molar-refractivity contribution in [3.05, 3.63) is 48.1 Å². The minimum atomic E-state index is 0.579. The summed E-state index contributed by atoms with van der Waals surface area (Å²) in [5.74, 6) is 0.579. The zero-order valence-corrected chi connectivity index (χ0v) is 10.3. The molecule has 0 spiro atoms. The third kappa shape index (κ3) is 7.95. The molecule has 0 amide bonds. The van der Waals surface area contributed by atoms with Crippen molar-refractivity contribution in [2.75, 3.05) is 13.6 Å². The van der Waals surface area contributed by atoms with E-state index in [0.717, 1.165) is 6.54 Å². The molecule has 1 heteroatoms. The molecule has 0 heterocycles. The van der Waals surface area contributed by atoms with Crippen LogP contribution in [0.4, 0.5) is 0 Å². The standard InChI is InChI=1S/C14H23N/c1-5-9-14(6-2)11-8-7-10-13(3)12-15-4/h5-11,13,15H,12H2,1-4H3/b9-5-,10-7-,11-8-,14-6-. The van der Waals surface area contributed by atoms with Crippen LogP contribution in [-0.4, -0.2) is 13.6 Å². The molecule has 1 unspecified atom stereocenters. The van der Waals surface area contributed by atoms with Gasteiger partial charge in [-0.2, -0.15) is 0 Å². The van der Waals surface area contributed by atoms with Gasteiger partial charge in [0.25, 0.3) is 0 Å². The first-order valence-corrected chi connectivity index (χ1v) is 5.53. The lowest BCUT2D eigenvalue weighted by Gasteiger charge is -2.02. The third-order valence-electron chi connectivity index (χ3n) is 2.06. The van der Waals surface area contributed by atoms with Gasteiger partial charge in [0.15, 0.2) is 0 Å². The van der Waals surface area contributed by atoms with Gasteiger partial charge in [-0.3, -0.25) is 0 Å². The van der Waals surface area contributed by atoms with Gasteiger partial charge < -0.3 is 5.32 Å². The molecule has 0 aromatic carbocycles. The van der Waals surface area contributed by atoms with E-state index in [1.54, 1.807) is 0 Å². The summed E-state index contributed by atoms with van der Waals surface area (Å²) in [6.45, 7) is 7.30. The quantitative estimate of drug-likeness (QED) is 0.655. The molecule has 84 valence electrons. The van der Waals surface area contributed by atoms with E-state index in [1.165, 1.54) is 5.57 Å². The van der Waals surface area contributed by atoms with Gasteiger partial charge in [0.05, 0.1) is 0 Å². The van der Waals surface area contributed by atoms with Crippen molar-refractivity contribution in [3.8, 4) is 0 Å². The monoisotopic (exact) mass is 205 g/mol. The van der Waals surface area contributed by atoms with Crippen molar-refractivity contribution in [3.63, 3.8) is 0 Å². The maximum Gasteiger partial charge on any atom is 0.000862 e. The minimum Gasteiger partial charge on any atom is -0.319 e. The molecule has 0 aromatic rings. The highest BCUT2D eigenvalue weighted by atomic mass is 14.8. The van der Waals surface area contributed by atoms with Crippen molar-refractivity contribution in [2.24, 2.45) is 5.92 Å². The Labute approximate surface area is 94.3 Å². The number of allylic oxidation sites excluding steroid dienone is 7. The average Bonchev–Trinajstić information content (AvgIpc) is 2.23. The summed E-state index contributed by atoms with van der Waals surface area (Å²) in [5.41, 5.74) is 1.24. The Kier molecular flexibility index (Phi) is 8.79. The van der Waals surface area contributed by atoms with Crippen LogP contribution in [0.25, 0.3) is 0 Å². The Morgan fingerprint density at radius 1 is 1.20 bits per heavy atom. The topological polar surface area (TPSA) is 12.0 Å². The fraction of sp³-hybridized carbons (Fsp3) is 0.429.